The van der Waals surface area contributed by atoms with E-state index in [0.29, 0.717) is 40.6 Å². The zero-order valence-corrected chi connectivity index (χ0v) is 19.9. The standard InChI is InChI=1S/C23H28ClN3O4S/c1-17-15-18(24)11-12-21(17)27(32(2,30)31)16-22(28)25-20-10-6-5-9-19(20)23(29)26-13-7-3-4-8-14-26/h5-6,9-12,15H,3-4,7-8,13-14,16H2,1-2H3,(H,25,28). The van der Waals surface area contributed by atoms with Crippen molar-refractivity contribution in [2.24, 2.45) is 0 Å². The second-order valence-corrected chi connectivity index (χ2v) is 10.3. The quantitative estimate of drug-likeness (QED) is 0.679. The molecule has 7 nitrogen and oxygen atoms in total. The van der Waals surface area contributed by atoms with Crippen molar-refractivity contribution >= 4 is 44.8 Å². The summed E-state index contributed by atoms with van der Waals surface area (Å²) in [5.41, 5.74) is 1.78. The highest BCUT2D eigenvalue weighted by atomic mass is 35.5. The molecular formula is C23H28ClN3O4S. The summed E-state index contributed by atoms with van der Waals surface area (Å²) in [7, 11) is -3.73. The number of aryl methyl sites for hydroxylation is 1. The minimum atomic E-state index is -3.73. The Balaban J connectivity index is 1.81. The third-order valence-corrected chi connectivity index (χ3v) is 6.80. The average Bonchev–Trinajstić information content (AvgIpc) is 3.01. The first-order valence-corrected chi connectivity index (χ1v) is 12.8. The Kier molecular flexibility index (Phi) is 7.79. The minimum Gasteiger partial charge on any atom is -0.339 e. The van der Waals surface area contributed by atoms with Gasteiger partial charge in [0, 0.05) is 18.1 Å². The lowest BCUT2D eigenvalue weighted by molar-refractivity contribution is -0.114. The van der Waals surface area contributed by atoms with Gasteiger partial charge < -0.3 is 10.2 Å². The molecule has 1 aliphatic rings. The first-order valence-electron chi connectivity index (χ1n) is 10.6. The third kappa shape index (κ3) is 6.01. The Hall–Kier alpha value is -2.58. The van der Waals surface area contributed by atoms with Crippen LogP contribution in [0.4, 0.5) is 11.4 Å². The predicted molar refractivity (Wildman–Crippen MR) is 128 cm³/mol. The molecule has 32 heavy (non-hydrogen) atoms. The Bertz CT molecular complexity index is 1100. The Labute approximate surface area is 194 Å². The highest BCUT2D eigenvalue weighted by molar-refractivity contribution is 7.92. The van der Waals surface area contributed by atoms with Crippen LogP contribution in [0.5, 0.6) is 0 Å². The summed E-state index contributed by atoms with van der Waals surface area (Å²) >= 11 is 5.99. The lowest BCUT2D eigenvalue weighted by Gasteiger charge is -2.24. The molecule has 1 heterocycles. The number of amides is 2. The van der Waals surface area contributed by atoms with Crippen molar-refractivity contribution < 1.29 is 18.0 Å². The van der Waals surface area contributed by atoms with Crippen molar-refractivity contribution in [1.82, 2.24) is 4.90 Å². The van der Waals surface area contributed by atoms with Gasteiger partial charge in [0.1, 0.15) is 6.54 Å². The summed E-state index contributed by atoms with van der Waals surface area (Å²) in [5, 5.41) is 3.21. The van der Waals surface area contributed by atoms with E-state index < -0.39 is 22.5 Å². The van der Waals surface area contributed by atoms with Gasteiger partial charge in [-0.25, -0.2) is 8.42 Å². The monoisotopic (exact) mass is 477 g/mol. The molecule has 3 rings (SSSR count). The topological polar surface area (TPSA) is 86.8 Å². The molecule has 1 fully saturated rings. The van der Waals surface area contributed by atoms with Crippen LogP contribution >= 0.6 is 11.6 Å². The molecule has 0 spiro atoms. The highest BCUT2D eigenvalue weighted by Crippen LogP contribution is 2.26. The number of hydrogen-bond acceptors (Lipinski definition) is 4. The molecule has 2 aromatic rings. The van der Waals surface area contributed by atoms with E-state index in [-0.39, 0.29) is 5.91 Å². The maximum absolute atomic E-state index is 13.1. The van der Waals surface area contributed by atoms with Crippen molar-refractivity contribution in [3.8, 4) is 0 Å². The molecule has 0 aliphatic carbocycles. The molecule has 1 saturated heterocycles. The van der Waals surface area contributed by atoms with Crippen molar-refractivity contribution in [2.75, 3.05) is 35.5 Å². The number of nitrogens with one attached hydrogen (secondary N) is 1. The molecule has 9 heteroatoms. The van der Waals surface area contributed by atoms with Crippen molar-refractivity contribution in [3.63, 3.8) is 0 Å². The molecule has 1 N–H and O–H groups in total. The molecule has 0 saturated carbocycles. The minimum absolute atomic E-state index is 0.128. The number of sulfonamides is 1. The van der Waals surface area contributed by atoms with Gasteiger partial charge in [0.15, 0.2) is 0 Å². The number of nitrogens with zero attached hydrogens (tertiary/aromatic N) is 2. The maximum atomic E-state index is 13.1. The molecule has 1 aliphatic heterocycles. The van der Waals surface area contributed by atoms with E-state index in [9.17, 15) is 18.0 Å². The number of carbonyl (C=O) groups is 2. The number of hydrogen-bond donors (Lipinski definition) is 1. The van der Waals surface area contributed by atoms with E-state index >= 15 is 0 Å². The second-order valence-electron chi connectivity index (χ2n) is 8.00. The van der Waals surface area contributed by atoms with Crippen LogP contribution in [0.3, 0.4) is 0 Å². The van der Waals surface area contributed by atoms with Crippen LogP contribution in [-0.4, -0.2) is 51.0 Å². The fourth-order valence-corrected chi connectivity index (χ4v) is 4.96. The van der Waals surface area contributed by atoms with Gasteiger partial charge in [0.05, 0.1) is 23.2 Å². The van der Waals surface area contributed by atoms with Crippen LogP contribution < -0.4 is 9.62 Å². The van der Waals surface area contributed by atoms with E-state index in [4.69, 9.17) is 11.6 Å². The molecular weight excluding hydrogens is 450 g/mol. The van der Waals surface area contributed by atoms with Gasteiger partial charge in [-0.15, -0.1) is 0 Å². The highest BCUT2D eigenvalue weighted by Gasteiger charge is 2.24. The fraction of sp³-hybridized carbons (Fsp3) is 0.391. The van der Waals surface area contributed by atoms with E-state index in [1.165, 1.54) is 0 Å². The number of para-hydroxylation sites is 1. The van der Waals surface area contributed by atoms with Crippen LogP contribution in [0.1, 0.15) is 41.6 Å². The van der Waals surface area contributed by atoms with Gasteiger partial charge >= 0.3 is 0 Å². The van der Waals surface area contributed by atoms with Gasteiger partial charge in [-0.2, -0.15) is 0 Å². The zero-order valence-electron chi connectivity index (χ0n) is 18.3. The van der Waals surface area contributed by atoms with Crippen LogP contribution in [-0.2, 0) is 14.8 Å². The summed E-state index contributed by atoms with van der Waals surface area (Å²) in [6, 6.07) is 11.6. The number of likely N-dealkylation sites (tertiary alicyclic amines) is 1. The molecule has 0 aromatic heterocycles. The summed E-state index contributed by atoms with van der Waals surface area (Å²) in [6.45, 7) is 2.69. The van der Waals surface area contributed by atoms with E-state index in [2.05, 4.69) is 5.32 Å². The molecule has 0 unspecified atom stereocenters. The first kappa shape index (κ1) is 24.1. The zero-order chi connectivity index (χ0) is 23.3. The molecule has 2 amide bonds. The fourth-order valence-electron chi connectivity index (χ4n) is 3.82. The average molecular weight is 478 g/mol. The van der Waals surface area contributed by atoms with Crippen molar-refractivity contribution in [3.05, 3.63) is 58.6 Å². The second kappa shape index (κ2) is 10.4. The van der Waals surface area contributed by atoms with Crippen LogP contribution in [0.25, 0.3) is 0 Å². The van der Waals surface area contributed by atoms with Gasteiger partial charge in [-0.05, 0) is 55.7 Å². The normalized spacial score (nSPS) is 14.5. The molecule has 0 atom stereocenters. The number of anilines is 2. The lowest BCUT2D eigenvalue weighted by atomic mass is 10.1. The van der Waals surface area contributed by atoms with Gasteiger partial charge in [-0.3, -0.25) is 13.9 Å². The van der Waals surface area contributed by atoms with E-state index in [0.717, 1.165) is 36.2 Å². The Morgan fingerprint density at radius 1 is 1.06 bits per heavy atom. The Morgan fingerprint density at radius 3 is 2.34 bits per heavy atom. The molecule has 0 radical (unpaired) electrons. The Morgan fingerprint density at radius 2 is 1.72 bits per heavy atom. The summed E-state index contributed by atoms with van der Waals surface area (Å²) < 4.78 is 25.9. The first-order chi connectivity index (χ1) is 15.2. The third-order valence-electron chi connectivity index (χ3n) is 5.44. The smallest absolute Gasteiger partial charge is 0.255 e. The van der Waals surface area contributed by atoms with Gasteiger partial charge in [-0.1, -0.05) is 36.6 Å². The number of benzene rings is 2. The van der Waals surface area contributed by atoms with Crippen LogP contribution in [0.2, 0.25) is 5.02 Å². The number of carbonyl (C=O) groups excluding carboxylic acids is 2. The SMILES string of the molecule is Cc1cc(Cl)ccc1N(CC(=O)Nc1ccccc1C(=O)N1CCCCCC1)S(C)(=O)=O. The number of rotatable bonds is 6. The molecule has 172 valence electrons. The lowest BCUT2D eigenvalue weighted by Crippen LogP contribution is -2.38. The van der Waals surface area contributed by atoms with Crippen molar-refractivity contribution in [2.45, 2.75) is 32.6 Å². The molecule has 2 aromatic carbocycles. The largest absolute Gasteiger partial charge is 0.339 e. The summed E-state index contributed by atoms with van der Waals surface area (Å²) in [4.78, 5) is 27.8. The predicted octanol–water partition coefficient (Wildman–Crippen LogP) is 4.07. The van der Waals surface area contributed by atoms with Crippen LogP contribution in [0.15, 0.2) is 42.5 Å². The van der Waals surface area contributed by atoms with Crippen LogP contribution in [0, 0.1) is 6.92 Å². The molecule has 0 bridgehead atoms. The summed E-state index contributed by atoms with van der Waals surface area (Å²) in [6.07, 6.45) is 5.18. The van der Waals surface area contributed by atoms with Gasteiger partial charge in [0.2, 0.25) is 15.9 Å². The van der Waals surface area contributed by atoms with Crippen molar-refractivity contribution in [1.29, 1.82) is 0 Å². The van der Waals surface area contributed by atoms with E-state index in [1.807, 2.05) is 4.90 Å². The van der Waals surface area contributed by atoms with E-state index in [1.54, 1.807) is 49.4 Å². The van der Waals surface area contributed by atoms with Gasteiger partial charge in [0.25, 0.3) is 5.91 Å². The summed E-state index contributed by atoms with van der Waals surface area (Å²) in [5.74, 6) is -0.669. The maximum Gasteiger partial charge on any atom is 0.255 e. The number of halogens is 1.